The fourth-order valence-corrected chi connectivity index (χ4v) is 2.47. The van der Waals surface area contributed by atoms with Gasteiger partial charge in [0.2, 0.25) is 0 Å². The summed E-state index contributed by atoms with van der Waals surface area (Å²) < 4.78 is 16.3. The third kappa shape index (κ3) is 4.33. The number of aliphatic hydroxyl groups excluding tert-OH is 1. The Balaban J connectivity index is 1.68. The highest BCUT2D eigenvalue weighted by Gasteiger charge is 2.36. The number of hydrogen-bond acceptors (Lipinski definition) is 5. The molecule has 5 nitrogen and oxygen atoms in total. The zero-order valence-electron chi connectivity index (χ0n) is 12.8. The Labute approximate surface area is 126 Å². The lowest BCUT2D eigenvalue weighted by molar-refractivity contribution is -0.0706. The number of nitrogens with one attached hydrogen (secondary N) is 1. The molecule has 2 rings (SSSR count). The van der Waals surface area contributed by atoms with E-state index in [0.29, 0.717) is 18.0 Å². The normalized spacial score (nSPS) is 17.9. The molecule has 1 unspecified atom stereocenters. The lowest BCUT2D eigenvalue weighted by atomic mass is 9.80. The van der Waals surface area contributed by atoms with Gasteiger partial charge < -0.3 is 24.6 Å². The molecule has 1 fully saturated rings. The summed E-state index contributed by atoms with van der Waals surface area (Å²) in [6.07, 6.45) is 2.83. The summed E-state index contributed by atoms with van der Waals surface area (Å²) in [7, 11) is 3.35. The maximum Gasteiger partial charge on any atom is 0.161 e. The zero-order chi connectivity index (χ0) is 15.1. The molecule has 1 aromatic rings. The Morgan fingerprint density at radius 2 is 1.95 bits per heavy atom. The maximum absolute atomic E-state index is 9.97. The third-order valence-corrected chi connectivity index (χ3v) is 4.03. The van der Waals surface area contributed by atoms with Crippen LogP contribution >= 0.6 is 0 Å². The number of aliphatic hydroxyl groups is 1. The van der Waals surface area contributed by atoms with Gasteiger partial charge in [0.1, 0.15) is 12.7 Å². The number of ether oxygens (including phenoxy) is 3. The first kappa shape index (κ1) is 16.1. The van der Waals surface area contributed by atoms with Crippen LogP contribution in [0.25, 0.3) is 0 Å². The Bertz CT molecular complexity index is 429. The van der Waals surface area contributed by atoms with Crippen molar-refractivity contribution in [3.05, 3.63) is 24.3 Å². The van der Waals surface area contributed by atoms with E-state index in [-0.39, 0.29) is 12.2 Å². The van der Waals surface area contributed by atoms with E-state index in [1.165, 1.54) is 6.42 Å². The molecule has 0 heterocycles. The Kier molecular flexibility index (Phi) is 5.85. The molecular formula is C16H25NO4. The van der Waals surface area contributed by atoms with E-state index in [2.05, 4.69) is 5.32 Å². The van der Waals surface area contributed by atoms with E-state index in [1.54, 1.807) is 14.2 Å². The van der Waals surface area contributed by atoms with E-state index in [4.69, 9.17) is 14.2 Å². The smallest absolute Gasteiger partial charge is 0.161 e. The van der Waals surface area contributed by atoms with Crippen molar-refractivity contribution in [1.29, 1.82) is 0 Å². The molecule has 0 spiro atoms. The van der Waals surface area contributed by atoms with Crippen LogP contribution in [-0.4, -0.2) is 50.7 Å². The van der Waals surface area contributed by atoms with Crippen LogP contribution in [0, 0.1) is 0 Å². The monoisotopic (exact) mass is 295 g/mol. The van der Waals surface area contributed by atoms with Crippen molar-refractivity contribution in [3.8, 4) is 11.5 Å². The predicted octanol–water partition coefficient (Wildman–Crippen LogP) is 1.59. The van der Waals surface area contributed by atoms with Crippen molar-refractivity contribution < 1.29 is 19.3 Å². The zero-order valence-corrected chi connectivity index (χ0v) is 12.8. The summed E-state index contributed by atoms with van der Waals surface area (Å²) in [5, 5.41) is 13.2. The van der Waals surface area contributed by atoms with E-state index < -0.39 is 6.10 Å². The first-order valence-electron chi connectivity index (χ1n) is 7.39. The molecule has 0 aliphatic heterocycles. The number of para-hydroxylation sites is 2. The van der Waals surface area contributed by atoms with Gasteiger partial charge in [-0.25, -0.2) is 0 Å². The van der Waals surface area contributed by atoms with Crippen molar-refractivity contribution in [1.82, 2.24) is 5.32 Å². The third-order valence-electron chi connectivity index (χ3n) is 4.03. The lowest BCUT2D eigenvalue weighted by Crippen LogP contribution is -2.49. The highest BCUT2D eigenvalue weighted by atomic mass is 16.5. The summed E-state index contributed by atoms with van der Waals surface area (Å²) in [4.78, 5) is 0. The molecule has 1 aliphatic rings. The van der Waals surface area contributed by atoms with Crippen molar-refractivity contribution in [2.24, 2.45) is 0 Å². The summed E-state index contributed by atoms with van der Waals surface area (Å²) in [5.74, 6) is 1.32. The van der Waals surface area contributed by atoms with Gasteiger partial charge in [-0.1, -0.05) is 12.1 Å². The Morgan fingerprint density at radius 3 is 2.52 bits per heavy atom. The molecular weight excluding hydrogens is 270 g/mol. The molecule has 118 valence electrons. The summed E-state index contributed by atoms with van der Waals surface area (Å²) in [6, 6.07) is 7.42. The van der Waals surface area contributed by atoms with Crippen LogP contribution in [0.5, 0.6) is 11.5 Å². The summed E-state index contributed by atoms with van der Waals surface area (Å²) in [6.45, 7) is 1.49. The second-order valence-corrected chi connectivity index (χ2v) is 5.49. The van der Waals surface area contributed by atoms with Crippen molar-refractivity contribution in [2.45, 2.75) is 31.0 Å². The molecule has 1 aromatic carbocycles. The van der Waals surface area contributed by atoms with Gasteiger partial charge in [0.15, 0.2) is 11.5 Å². The van der Waals surface area contributed by atoms with Gasteiger partial charge in [0.05, 0.1) is 12.7 Å². The molecule has 1 atom stereocenters. The van der Waals surface area contributed by atoms with Crippen molar-refractivity contribution >= 4 is 0 Å². The first-order chi connectivity index (χ1) is 10.2. The highest BCUT2D eigenvalue weighted by molar-refractivity contribution is 5.39. The molecule has 0 bridgehead atoms. The second kappa shape index (κ2) is 7.64. The average molecular weight is 295 g/mol. The van der Waals surface area contributed by atoms with Gasteiger partial charge in [-0.15, -0.1) is 0 Å². The van der Waals surface area contributed by atoms with Gasteiger partial charge >= 0.3 is 0 Å². The molecule has 5 heteroatoms. The minimum Gasteiger partial charge on any atom is -0.493 e. The van der Waals surface area contributed by atoms with E-state index in [1.807, 2.05) is 24.3 Å². The standard InChI is InChI=1S/C16H25NO4/c1-19-14-6-3-4-7-15(14)21-11-13(18)10-17-12-16(20-2)8-5-9-16/h3-4,6-7,13,17-18H,5,8-12H2,1-2H3. The molecule has 0 aromatic heterocycles. The van der Waals surface area contributed by atoms with Gasteiger partial charge in [0, 0.05) is 20.2 Å². The van der Waals surface area contributed by atoms with E-state index in [9.17, 15) is 5.11 Å². The van der Waals surface area contributed by atoms with E-state index in [0.717, 1.165) is 19.4 Å². The minimum atomic E-state index is -0.566. The molecule has 0 amide bonds. The number of methoxy groups -OCH3 is 2. The van der Waals surface area contributed by atoms with Gasteiger partial charge in [-0.3, -0.25) is 0 Å². The van der Waals surface area contributed by atoms with Crippen molar-refractivity contribution in [2.75, 3.05) is 33.9 Å². The predicted molar refractivity (Wildman–Crippen MR) is 81.0 cm³/mol. The fourth-order valence-electron chi connectivity index (χ4n) is 2.47. The lowest BCUT2D eigenvalue weighted by Gasteiger charge is -2.40. The van der Waals surface area contributed by atoms with Crippen LogP contribution in [0.15, 0.2) is 24.3 Å². The Hall–Kier alpha value is -1.30. The Morgan fingerprint density at radius 1 is 1.24 bits per heavy atom. The van der Waals surface area contributed by atoms with Crippen LogP contribution in [0.2, 0.25) is 0 Å². The topological polar surface area (TPSA) is 60.0 Å². The van der Waals surface area contributed by atoms with Crippen LogP contribution in [0.1, 0.15) is 19.3 Å². The van der Waals surface area contributed by atoms with Gasteiger partial charge in [-0.2, -0.15) is 0 Å². The summed E-state index contributed by atoms with van der Waals surface area (Å²) >= 11 is 0. The largest absolute Gasteiger partial charge is 0.493 e. The van der Waals surface area contributed by atoms with E-state index >= 15 is 0 Å². The SMILES string of the molecule is COc1ccccc1OCC(O)CNCC1(OC)CCC1. The minimum absolute atomic E-state index is 0.0246. The van der Waals surface area contributed by atoms with Crippen LogP contribution in [0.4, 0.5) is 0 Å². The molecule has 0 saturated heterocycles. The van der Waals surface area contributed by atoms with Gasteiger partial charge in [-0.05, 0) is 31.4 Å². The molecule has 2 N–H and O–H groups in total. The second-order valence-electron chi connectivity index (χ2n) is 5.49. The molecule has 0 radical (unpaired) electrons. The van der Waals surface area contributed by atoms with Crippen LogP contribution < -0.4 is 14.8 Å². The quantitative estimate of drug-likeness (QED) is 0.724. The molecule has 1 aliphatic carbocycles. The van der Waals surface area contributed by atoms with Gasteiger partial charge in [0.25, 0.3) is 0 Å². The highest BCUT2D eigenvalue weighted by Crippen LogP contribution is 2.34. The van der Waals surface area contributed by atoms with Crippen molar-refractivity contribution in [3.63, 3.8) is 0 Å². The number of rotatable bonds is 9. The molecule has 1 saturated carbocycles. The maximum atomic E-state index is 9.97. The van der Waals surface area contributed by atoms with Crippen LogP contribution in [0.3, 0.4) is 0 Å². The first-order valence-corrected chi connectivity index (χ1v) is 7.39. The van der Waals surface area contributed by atoms with Crippen LogP contribution in [-0.2, 0) is 4.74 Å². The summed E-state index contributed by atoms with van der Waals surface area (Å²) in [5.41, 5.74) is -0.0246. The number of hydrogen-bond donors (Lipinski definition) is 2. The molecule has 21 heavy (non-hydrogen) atoms. The average Bonchev–Trinajstić information content (AvgIpc) is 2.48. The number of benzene rings is 1. The fraction of sp³-hybridized carbons (Fsp3) is 0.625.